The second-order valence-corrected chi connectivity index (χ2v) is 7.32. The molecule has 1 aliphatic heterocycles. The monoisotopic (exact) mass is 395 g/mol. The van der Waals surface area contributed by atoms with Crippen molar-refractivity contribution < 1.29 is 14.5 Å². The molecule has 1 amide bonds. The van der Waals surface area contributed by atoms with Crippen molar-refractivity contribution in [1.29, 1.82) is 0 Å². The Balaban J connectivity index is 1.57. The summed E-state index contributed by atoms with van der Waals surface area (Å²) < 4.78 is 5.47. The van der Waals surface area contributed by atoms with Crippen molar-refractivity contribution in [2.45, 2.75) is 12.5 Å². The highest BCUT2D eigenvalue weighted by Crippen LogP contribution is 2.37. The van der Waals surface area contributed by atoms with Gasteiger partial charge < -0.3 is 19.8 Å². The standard InChI is InChI=1S/C20H17N3O4S/c24-18(13-27-16-7-4-10-21-20(16)23(25)26)22-11-8-17-15(9-12-28-17)19(22)14-5-2-1-3-6-14/h1-7,9-10,12,19H,8,11,13H2/t19-/m1/s1. The predicted molar refractivity (Wildman–Crippen MR) is 104 cm³/mol. The van der Waals surface area contributed by atoms with Gasteiger partial charge in [0.2, 0.25) is 5.75 Å². The van der Waals surface area contributed by atoms with Crippen LogP contribution in [-0.2, 0) is 11.2 Å². The van der Waals surface area contributed by atoms with E-state index in [1.165, 1.54) is 23.2 Å². The van der Waals surface area contributed by atoms with Gasteiger partial charge in [0.25, 0.3) is 5.91 Å². The number of hydrogen-bond donors (Lipinski definition) is 0. The molecule has 28 heavy (non-hydrogen) atoms. The summed E-state index contributed by atoms with van der Waals surface area (Å²) in [6.45, 7) is 0.291. The van der Waals surface area contributed by atoms with Crippen LogP contribution in [-0.4, -0.2) is 33.9 Å². The van der Waals surface area contributed by atoms with E-state index in [2.05, 4.69) is 11.1 Å². The number of pyridine rings is 1. The lowest BCUT2D eigenvalue weighted by molar-refractivity contribution is -0.390. The third-order valence-corrected chi connectivity index (χ3v) is 5.67. The normalized spacial score (nSPS) is 15.7. The maximum absolute atomic E-state index is 13.0. The van der Waals surface area contributed by atoms with Gasteiger partial charge in [0.15, 0.2) is 6.61 Å². The predicted octanol–water partition coefficient (Wildman–Crippen LogP) is 3.60. The van der Waals surface area contributed by atoms with E-state index in [4.69, 9.17) is 4.74 Å². The van der Waals surface area contributed by atoms with Crippen molar-refractivity contribution in [3.8, 4) is 5.75 Å². The third kappa shape index (κ3) is 3.46. The number of rotatable bonds is 5. The molecule has 0 aliphatic carbocycles. The summed E-state index contributed by atoms with van der Waals surface area (Å²) in [6, 6.07) is 14.7. The van der Waals surface area contributed by atoms with E-state index in [0.717, 1.165) is 17.5 Å². The number of hydrogen-bond acceptors (Lipinski definition) is 6. The van der Waals surface area contributed by atoms with Crippen molar-refractivity contribution in [3.05, 3.63) is 86.2 Å². The molecule has 0 spiro atoms. The summed E-state index contributed by atoms with van der Waals surface area (Å²) in [4.78, 5) is 30.2. The molecule has 0 N–H and O–H groups in total. The zero-order valence-corrected chi connectivity index (χ0v) is 15.7. The molecule has 7 nitrogen and oxygen atoms in total. The first kappa shape index (κ1) is 18.1. The lowest BCUT2D eigenvalue weighted by Gasteiger charge is -2.36. The van der Waals surface area contributed by atoms with Gasteiger partial charge in [-0.1, -0.05) is 30.3 Å². The Morgan fingerprint density at radius 2 is 2.07 bits per heavy atom. The topological polar surface area (TPSA) is 85.6 Å². The highest BCUT2D eigenvalue weighted by Gasteiger charge is 2.33. The number of aromatic nitrogens is 1. The van der Waals surface area contributed by atoms with E-state index in [9.17, 15) is 14.9 Å². The molecule has 0 unspecified atom stereocenters. The van der Waals surface area contributed by atoms with Crippen LogP contribution in [0.25, 0.3) is 0 Å². The fourth-order valence-electron chi connectivity index (χ4n) is 3.43. The van der Waals surface area contributed by atoms with Gasteiger partial charge >= 0.3 is 5.82 Å². The Morgan fingerprint density at radius 1 is 1.25 bits per heavy atom. The van der Waals surface area contributed by atoms with Crippen LogP contribution in [0.4, 0.5) is 5.82 Å². The number of nitrogens with zero attached hydrogens (tertiary/aromatic N) is 3. The largest absolute Gasteiger partial charge is 0.476 e. The molecule has 3 aromatic rings. The third-order valence-electron chi connectivity index (χ3n) is 4.68. The van der Waals surface area contributed by atoms with E-state index < -0.39 is 10.7 Å². The molecule has 1 atom stereocenters. The molecule has 0 saturated carbocycles. The number of thiophene rings is 1. The van der Waals surface area contributed by atoms with Crippen molar-refractivity contribution in [3.63, 3.8) is 0 Å². The van der Waals surface area contributed by atoms with Gasteiger partial charge in [0.05, 0.1) is 6.04 Å². The molecule has 0 bridgehead atoms. The highest BCUT2D eigenvalue weighted by atomic mass is 32.1. The van der Waals surface area contributed by atoms with Gasteiger partial charge in [-0.25, -0.2) is 0 Å². The zero-order chi connectivity index (χ0) is 19.5. The first-order valence-electron chi connectivity index (χ1n) is 8.78. The minimum Gasteiger partial charge on any atom is -0.476 e. The first-order valence-corrected chi connectivity index (χ1v) is 9.66. The summed E-state index contributed by atoms with van der Waals surface area (Å²) >= 11 is 1.70. The number of carbonyl (C=O) groups is 1. The average molecular weight is 395 g/mol. The molecule has 1 aromatic carbocycles. The molecule has 2 aromatic heterocycles. The minimum atomic E-state index is -0.620. The van der Waals surface area contributed by atoms with Gasteiger partial charge in [-0.05, 0) is 51.0 Å². The second kappa shape index (κ2) is 7.77. The van der Waals surface area contributed by atoms with E-state index in [0.29, 0.717) is 6.54 Å². The Labute approximate surface area is 165 Å². The molecule has 8 heteroatoms. The molecule has 0 radical (unpaired) electrons. The van der Waals surface area contributed by atoms with Crippen LogP contribution in [0.3, 0.4) is 0 Å². The van der Waals surface area contributed by atoms with Crippen molar-refractivity contribution in [2.24, 2.45) is 0 Å². The van der Waals surface area contributed by atoms with Crippen LogP contribution < -0.4 is 4.74 Å². The second-order valence-electron chi connectivity index (χ2n) is 6.32. The van der Waals surface area contributed by atoms with Gasteiger partial charge in [-0.3, -0.25) is 4.79 Å². The molecular weight excluding hydrogens is 378 g/mol. The number of carbonyl (C=O) groups excluding carboxylic acids is 1. The number of ether oxygens (including phenoxy) is 1. The fraction of sp³-hybridized carbons (Fsp3) is 0.200. The minimum absolute atomic E-state index is 0.00894. The number of nitro groups is 1. The Morgan fingerprint density at radius 3 is 2.86 bits per heavy atom. The van der Waals surface area contributed by atoms with Crippen LogP contribution in [0.1, 0.15) is 22.0 Å². The molecular formula is C20H17N3O4S. The summed E-state index contributed by atoms with van der Waals surface area (Å²) in [6.07, 6.45) is 2.11. The Hall–Kier alpha value is -3.26. The number of benzene rings is 1. The Bertz CT molecular complexity index is 1010. The van der Waals surface area contributed by atoms with Crippen molar-refractivity contribution in [2.75, 3.05) is 13.2 Å². The van der Waals surface area contributed by atoms with Crippen molar-refractivity contribution >= 4 is 23.1 Å². The van der Waals surface area contributed by atoms with Gasteiger partial charge in [0, 0.05) is 11.4 Å². The van der Waals surface area contributed by atoms with Gasteiger partial charge in [0.1, 0.15) is 6.20 Å². The number of fused-ring (bicyclic) bond motifs is 1. The summed E-state index contributed by atoms with van der Waals surface area (Å²) in [5.74, 6) is -0.622. The first-order chi connectivity index (χ1) is 13.6. The van der Waals surface area contributed by atoms with Crippen LogP contribution in [0, 0.1) is 10.1 Å². The maximum Gasteiger partial charge on any atom is 0.406 e. The molecule has 4 rings (SSSR count). The van der Waals surface area contributed by atoms with E-state index in [1.807, 2.05) is 35.7 Å². The van der Waals surface area contributed by atoms with Crippen LogP contribution in [0.15, 0.2) is 60.1 Å². The average Bonchev–Trinajstić information content (AvgIpc) is 3.21. The SMILES string of the molecule is O=C(COc1cccnc1[N+](=O)[O-])N1CCc2sccc2[C@H]1c1ccccc1. The molecule has 0 saturated heterocycles. The Kier molecular flexibility index (Phi) is 5.03. The number of amides is 1. The van der Waals surface area contributed by atoms with E-state index in [1.54, 1.807) is 16.2 Å². The summed E-state index contributed by atoms with van der Waals surface area (Å²) in [5, 5.41) is 13.1. The van der Waals surface area contributed by atoms with Crippen LogP contribution >= 0.6 is 11.3 Å². The fourth-order valence-corrected chi connectivity index (χ4v) is 4.34. The maximum atomic E-state index is 13.0. The summed E-state index contributed by atoms with van der Waals surface area (Å²) in [7, 11) is 0. The van der Waals surface area contributed by atoms with E-state index in [-0.39, 0.29) is 24.3 Å². The zero-order valence-electron chi connectivity index (χ0n) is 14.9. The molecule has 1 aliphatic rings. The highest BCUT2D eigenvalue weighted by molar-refractivity contribution is 7.10. The quantitative estimate of drug-likeness (QED) is 0.487. The van der Waals surface area contributed by atoms with Crippen LogP contribution in [0.2, 0.25) is 0 Å². The van der Waals surface area contributed by atoms with Gasteiger partial charge in [-0.2, -0.15) is 0 Å². The smallest absolute Gasteiger partial charge is 0.406 e. The lowest BCUT2D eigenvalue weighted by Crippen LogP contribution is -2.42. The van der Waals surface area contributed by atoms with Crippen LogP contribution in [0.5, 0.6) is 5.75 Å². The summed E-state index contributed by atoms with van der Waals surface area (Å²) in [5.41, 5.74) is 2.16. The van der Waals surface area contributed by atoms with Crippen molar-refractivity contribution in [1.82, 2.24) is 9.88 Å². The lowest BCUT2D eigenvalue weighted by atomic mass is 9.93. The van der Waals surface area contributed by atoms with E-state index >= 15 is 0 Å². The molecule has 0 fully saturated rings. The molecule has 3 heterocycles. The van der Waals surface area contributed by atoms with Gasteiger partial charge in [-0.15, -0.1) is 11.3 Å². The molecule has 142 valence electrons.